The Morgan fingerprint density at radius 3 is 2.65 bits per heavy atom. The lowest BCUT2D eigenvalue weighted by molar-refractivity contribution is 0.127. The maximum Gasteiger partial charge on any atom is 0.142 e. The first kappa shape index (κ1) is 12.8. The van der Waals surface area contributed by atoms with Crippen molar-refractivity contribution in [2.75, 3.05) is 19.7 Å². The molecule has 0 amide bonds. The lowest BCUT2D eigenvalue weighted by Gasteiger charge is -2.31. The van der Waals surface area contributed by atoms with E-state index < -0.39 is 0 Å². The van der Waals surface area contributed by atoms with E-state index in [4.69, 9.17) is 16.7 Å². The van der Waals surface area contributed by atoms with Crippen molar-refractivity contribution in [1.29, 1.82) is 0 Å². The van der Waals surface area contributed by atoms with Crippen molar-refractivity contribution in [3.8, 4) is 0 Å². The summed E-state index contributed by atoms with van der Waals surface area (Å²) in [6.45, 7) is 2.97. The summed E-state index contributed by atoms with van der Waals surface area (Å²) in [5.41, 5.74) is 0.953. The van der Waals surface area contributed by atoms with Crippen LogP contribution in [0.5, 0.6) is 0 Å². The Balaban J connectivity index is 1.91. The average molecular weight is 258 g/mol. The Kier molecular flexibility index (Phi) is 4.37. The predicted molar refractivity (Wildman–Crippen MR) is 66.5 cm³/mol. The third-order valence-corrected chi connectivity index (χ3v) is 3.66. The normalized spacial score (nSPS) is 18.5. The Labute approximate surface area is 106 Å². The van der Waals surface area contributed by atoms with Gasteiger partial charge in [-0.3, -0.25) is 4.90 Å². The third kappa shape index (κ3) is 3.41. The number of benzene rings is 1. The molecule has 0 atom stereocenters. The quantitative estimate of drug-likeness (QED) is 0.900. The van der Waals surface area contributed by atoms with Gasteiger partial charge in [0.15, 0.2) is 0 Å². The molecule has 1 aromatic carbocycles. The molecule has 1 heterocycles. The molecule has 1 aromatic rings. The molecule has 0 radical (unpaired) electrons. The van der Waals surface area contributed by atoms with Crippen molar-refractivity contribution in [3.63, 3.8) is 0 Å². The van der Waals surface area contributed by atoms with Crippen LogP contribution < -0.4 is 0 Å². The zero-order valence-corrected chi connectivity index (χ0v) is 10.5. The molecular formula is C13H17ClFNO. The minimum atomic E-state index is -0.352. The van der Waals surface area contributed by atoms with Gasteiger partial charge in [-0.15, -0.1) is 0 Å². The molecule has 0 aromatic heterocycles. The maximum absolute atomic E-state index is 13.3. The van der Waals surface area contributed by atoms with E-state index in [0.29, 0.717) is 5.92 Å². The molecular weight excluding hydrogens is 241 g/mol. The second kappa shape index (κ2) is 5.80. The number of halogens is 2. The van der Waals surface area contributed by atoms with Gasteiger partial charge in [-0.2, -0.15) is 0 Å². The summed E-state index contributed by atoms with van der Waals surface area (Å²) < 4.78 is 13.3. The monoisotopic (exact) mass is 257 g/mol. The number of aliphatic hydroxyl groups excluding tert-OH is 1. The van der Waals surface area contributed by atoms with E-state index in [9.17, 15) is 4.39 Å². The Hall–Kier alpha value is -0.640. The smallest absolute Gasteiger partial charge is 0.142 e. The average Bonchev–Trinajstić information content (AvgIpc) is 2.35. The highest BCUT2D eigenvalue weighted by Gasteiger charge is 2.18. The van der Waals surface area contributed by atoms with Crippen LogP contribution in [0.15, 0.2) is 18.2 Å². The summed E-state index contributed by atoms with van der Waals surface area (Å²) in [5.74, 6) is 0.0858. The predicted octanol–water partition coefficient (Wildman–Crippen LogP) is 2.68. The standard InChI is InChI=1S/C13H17ClFNO/c14-12-2-1-11(7-13(12)15)8-16-5-3-10(9-17)4-6-16/h1-2,7,10,17H,3-6,8-9H2. The van der Waals surface area contributed by atoms with E-state index in [1.165, 1.54) is 6.07 Å². The van der Waals surface area contributed by atoms with Gasteiger partial charge in [-0.05, 0) is 49.5 Å². The molecule has 1 fully saturated rings. The molecule has 94 valence electrons. The summed E-state index contributed by atoms with van der Waals surface area (Å²) >= 11 is 5.64. The van der Waals surface area contributed by atoms with Gasteiger partial charge < -0.3 is 5.11 Å². The second-order valence-electron chi connectivity index (χ2n) is 4.65. The van der Waals surface area contributed by atoms with Gasteiger partial charge >= 0.3 is 0 Å². The minimum Gasteiger partial charge on any atom is -0.396 e. The molecule has 0 saturated carbocycles. The molecule has 2 nitrogen and oxygen atoms in total. The molecule has 2 rings (SSSR count). The lowest BCUT2D eigenvalue weighted by Crippen LogP contribution is -2.34. The first-order valence-electron chi connectivity index (χ1n) is 5.96. The SMILES string of the molecule is OCC1CCN(Cc2ccc(Cl)c(F)c2)CC1. The van der Waals surface area contributed by atoms with Gasteiger partial charge in [0.25, 0.3) is 0 Å². The van der Waals surface area contributed by atoms with E-state index in [2.05, 4.69) is 4.90 Å². The first-order chi connectivity index (χ1) is 8.19. The fourth-order valence-corrected chi connectivity index (χ4v) is 2.34. The molecule has 1 N–H and O–H groups in total. The maximum atomic E-state index is 13.3. The molecule has 1 aliphatic rings. The number of likely N-dealkylation sites (tertiary alicyclic amines) is 1. The zero-order valence-electron chi connectivity index (χ0n) is 9.70. The van der Waals surface area contributed by atoms with Crippen molar-refractivity contribution in [3.05, 3.63) is 34.6 Å². The van der Waals surface area contributed by atoms with Crippen LogP contribution >= 0.6 is 11.6 Å². The van der Waals surface area contributed by atoms with Crippen molar-refractivity contribution in [1.82, 2.24) is 4.90 Å². The molecule has 1 saturated heterocycles. The summed E-state index contributed by atoms with van der Waals surface area (Å²) in [5, 5.41) is 9.23. The van der Waals surface area contributed by atoms with E-state index in [-0.39, 0.29) is 17.4 Å². The highest BCUT2D eigenvalue weighted by atomic mass is 35.5. The number of piperidine rings is 1. The summed E-state index contributed by atoms with van der Waals surface area (Å²) in [6, 6.07) is 4.97. The van der Waals surface area contributed by atoms with Crippen LogP contribution in [0.4, 0.5) is 4.39 Å². The van der Waals surface area contributed by atoms with Crippen molar-refractivity contribution in [2.45, 2.75) is 19.4 Å². The topological polar surface area (TPSA) is 23.5 Å². The lowest BCUT2D eigenvalue weighted by atomic mass is 9.97. The zero-order chi connectivity index (χ0) is 12.3. The van der Waals surface area contributed by atoms with Crippen molar-refractivity contribution >= 4 is 11.6 Å². The van der Waals surface area contributed by atoms with E-state index in [0.717, 1.165) is 38.0 Å². The van der Waals surface area contributed by atoms with Crippen LogP contribution in [0.2, 0.25) is 5.02 Å². The molecule has 0 unspecified atom stereocenters. The number of hydrogen-bond acceptors (Lipinski definition) is 2. The fraction of sp³-hybridized carbons (Fsp3) is 0.538. The minimum absolute atomic E-state index is 0.174. The highest BCUT2D eigenvalue weighted by molar-refractivity contribution is 6.30. The molecule has 0 aliphatic carbocycles. The molecule has 1 aliphatic heterocycles. The Bertz CT molecular complexity index is 378. The summed E-state index contributed by atoms with van der Waals surface area (Å²) in [6.07, 6.45) is 2.04. The van der Waals surface area contributed by atoms with Gasteiger partial charge in [0.1, 0.15) is 5.82 Å². The highest BCUT2D eigenvalue weighted by Crippen LogP contribution is 2.20. The van der Waals surface area contributed by atoms with Gasteiger partial charge in [-0.25, -0.2) is 4.39 Å². The fourth-order valence-electron chi connectivity index (χ4n) is 2.22. The number of rotatable bonds is 3. The van der Waals surface area contributed by atoms with Crippen LogP contribution in [0, 0.1) is 11.7 Å². The van der Waals surface area contributed by atoms with Gasteiger partial charge in [0.05, 0.1) is 5.02 Å². The Morgan fingerprint density at radius 2 is 2.06 bits per heavy atom. The molecule has 17 heavy (non-hydrogen) atoms. The van der Waals surface area contributed by atoms with Crippen molar-refractivity contribution in [2.24, 2.45) is 5.92 Å². The number of hydrogen-bond donors (Lipinski definition) is 1. The Morgan fingerprint density at radius 1 is 1.35 bits per heavy atom. The second-order valence-corrected chi connectivity index (χ2v) is 5.06. The van der Waals surface area contributed by atoms with Crippen LogP contribution in [0.1, 0.15) is 18.4 Å². The van der Waals surface area contributed by atoms with Gasteiger partial charge in [0.2, 0.25) is 0 Å². The molecule has 0 spiro atoms. The molecule has 0 bridgehead atoms. The van der Waals surface area contributed by atoms with Crippen LogP contribution in [-0.4, -0.2) is 29.7 Å². The third-order valence-electron chi connectivity index (χ3n) is 3.36. The van der Waals surface area contributed by atoms with Crippen LogP contribution in [-0.2, 0) is 6.54 Å². The van der Waals surface area contributed by atoms with Gasteiger partial charge in [-0.1, -0.05) is 17.7 Å². The van der Waals surface area contributed by atoms with Gasteiger partial charge in [0, 0.05) is 13.2 Å². The molecule has 4 heteroatoms. The number of aliphatic hydroxyl groups is 1. The largest absolute Gasteiger partial charge is 0.396 e. The number of nitrogens with zero attached hydrogens (tertiary/aromatic N) is 1. The van der Waals surface area contributed by atoms with Crippen LogP contribution in [0.25, 0.3) is 0 Å². The van der Waals surface area contributed by atoms with E-state index in [1.807, 2.05) is 6.07 Å². The van der Waals surface area contributed by atoms with Crippen LogP contribution in [0.3, 0.4) is 0 Å². The summed E-state index contributed by atoms with van der Waals surface area (Å²) in [7, 11) is 0. The van der Waals surface area contributed by atoms with Crippen molar-refractivity contribution < 1.29 is 9.50 Å². The van der Waals surface area contributed by atoms with E-state index >= 15 is 0 Å². The van der Waals surface area contributed by atoms with E-state index in [1.54, 1.807) is 6.07 Å². The first-order valence-corrected chi connectivity index (χ1v) is 6.34. The summed E-state index contributed by atoms with van der Waals surface area (Å²) in [4.78, 5) is 2.29.